The number of likely N-dealkylation sites (tertiary alicyclic amines) is 1. The van der Waals surface area contributed by atoms with Crippen molar-refractivity contribution in [2.24, 2.45) is 0 Å². The molecule has 1 aliphatic rings. The summed E-state index contributed by atoms with van der Waals surface area (Å²) in [7, 11) is 5.92. The van der Waals surface area contributed by atoms with Crippen LogP contribution in [0.2, 0.25) is 0 Å². The second kappa shape index (κ2) is 6.74. The number of rotatable bonds is 5. The van der Waals surface area contributed by atoms with Gasteiger partial charge in [-0.2, -0.15) is 5.26 Å². The molecule has 0 radical (unpaired) electrons. The summed E-state index contributed by atoms with van der Waals surface area (Å²) in [6.45, 7) is 3.07. The van der Waals surface area contributed by atoms with Crippen molar-refractivity contribution >= 4 is 0 Å². The third kappa shape index (κ3) is 3.50. The van der Waals surface area contributed by atoms with Gasteiger partial charge in [-0.05, 0) is 51.7 Å². The molecule has 108 valence electrons. The van der Waals surface area contributed by atoms with E-state index in [9.17, 15) is 0 Å². The lowest BCUT2D eigenvalue weighted by atomic mass is 10.1. The van der Waals surface area contributed by atoms with Gasteiger partial charge in [-0.25, -0.2) is 0 Å². The van der Waals surface area contributed by atoms with Crippen LogP contribution in [0.3, 0.4) is 0 Å². The van der Waals surface area contributed by atoms with Crippen molar-refractivity contribution < 1.29 is 4.74 Å². The Morgan fingerprint density at radius 1 is 1.45 bits per heavy atom. The standard InChI is InChI=1S/C16H23N3O/c1-18(2)12-15-5-4-8-19(15)11-14-9-13(10-17)6-7-16(14)20-3/h6-7,9,15H,4-5,8,11-12H2,1-3H3. The van der Waals surface area contributed by atoms with Gasteiger partial charge >= 0.3 is 0 Å². The zero-order valence-corrected chi connectivity index (χ0v) is 12.6. The zero-order valence-electron chi connectivity index (χ0n) is 12.6. The van der Waals surface area contributed by atoms with E-state index in [1.807, 2.05) is 18.2 Å². The number of methoxy groups -OCH3 is 1. The monoisotopic (exact) mass is 273 g/mol. The first-order valence-corrected chi connectivity index (χ1v) is 7.10. The molecule has 0 aromatic heterocycles. The number of nitriles is 1. The Labute approximate surface area is 121 Å². The molecule has 1 aliphatic heterocycles. The van der Waals surface area contributed by atoms with Gasteiger partial charge in [-0.15, -0.1) is 0 Å². The first-order chi connectivity index (χ1) is 9.63. The molecule has 0 amide bonds. The Morgan fingerprint density at radius 3 is 2.90 bits per heavy atom. The molecular weight excluding hydrogens is 250 g/mol. The van der Waals surface area contributed by atoms with Crippen LogP contribution in [0, 0.1) is 11.3 Å². The molecule has 4 heteroatoms. The van der Waals surface area contributed by atoms with Crippen molar-refractivity contribution in [1.29, 1.82) is 5.26 Å². The molecule has 1 saturated heterocycles. The quantitative estimate of drug-likeness (QED) is 0.823. The molecule has 1 aromatic rings. The Kier molecular flexibility index (Phi) is 4.99. The second-order valence-corrected chi connectivity index (χ2v) is 5.67. The Balaban J connectivity index is 2.14. The lowest BCUT2D eigenvalue weighted by Crippen LogP contribution is -2.37. The van der Waals surface area contributed by atoms with Crippen molar-refractivity contribution in [2.75, 3.05) is 34.3 Å². The predicted molar refractivity (Wildman–Crippen MR) is 79.7 cm³/mol. The normalized spacial score (nSPS) is 19.2. The molecule has 1 unspecified atom stereocenters. The van der Waals surface area contributed by atoms with Crippen LogP contribution in [0.1, 0.15) is 24.0 Å². The molecule has 4 nitrogen and oxygen atoms in total. The van der Waals surface area contributed by atoms with E-state index in [0.717, 1.165) is 30.9 Å². The van der Waals surface area contributed by atoms with Gasteiger partial charge < -0.3 is 9.64 Å². The van der Waals surface area contributed by atoms with Gasteiger partial charge in [-0.3, -0.25) is 4.90 Å². The number of hydrogen-bond donors (Lipinski definition) is 0. The van der Waals surface area contributed by atoms with E-state index in [4.69, 9.17) is 10.00 Å². The minimum atomic E-state index is 0.598. The van der Waals surface area contributed by atoms with Crippen molar-refractivity contribution in [2.45, 2.75) is 25.4 Å². The maximum atomic E-state index is 9.05. The average Bonchev–Trinajstić information content (AvgIpc) is 2.85. The fourth-order valence-electron chi connectivity index (χ4n) is 2.92. The number of nitrogens with zero attached hydrogens (tertiary/aromatic N) is 3. The van der Waals surface area contributed by atoms with Crippen molar-refractivity contribution in [3.8, 4) is 11.8 Å². The highest BCUT2D eigenvalue weighted by molar-refractivity contribution is 5.42. The summed E-state index contributed by atoms with van der Waals surface area (Å²) in [6.07, 6.45) is 2.50. The van der Waals surface area contributed by atoms with Crippen LogP contribution in [0.5, 0.6) is 5.75 Å². The highest BCUT2D eigenvalue weighted by Gasteiger charge is 2.25. The molecule has 20 heavy (non-hydrogen) atoms. The summed E-state index contributed by atoms with van der Waals surface area (Å²) < 4.78 is 5.42. The van der Waals surface area contributed by atoms with E-state index in [2.05, 4.69) is 30.0 Å². The maximum Gasteiger partial charge on any atom is 0.123 e. The predicted octanol–water partition coefficient (Wildman–Crippen LogP) is 2.09. The number of ether oxygens (including phenoxy) is 1. The fraction of sp³-hybridized carbons (Fsp3) is 0.562. The highest BCUT2D eigenvalue weighted by Crippen LogP contribution is 2.26. The van der Waals surface area contributed by atoms with Gasteiger partial charge in [0.15, 0.2) is 0 Å². The molecule has 2 rings (SSSR count). The molecule has 0 spiro atoms. The van der Waals surface area contributed by atoms with Gasteiger partial charge in [0.25, 0.3) is 0 Å². The van der Waals surface area contributed by atoms with E-state index in [0.29, 0.717) is 11.6 Å². The first kappa shape index (κ1) is 14.8. The average molecular weight is 273 g/mol. The van der Waals surface area contributed by atoms with Gasteiger partial charge in [-0.1, -0.05) is 0 Å². The molecular formula is C16H23N3O. The lowest BCUT2D eigenvalue weighted by molar-refractivity contribution is 0.199. The Bertz CT molecular complexity index is 493. The van der Waals surface area contributed by atoms with Crippen LogP contribution in [0.15, 0.2) is 18.2 Å². The highest BCUT2D eigenvalue weighted by atomic mass is 16.5. The Morgan fingerprint density at radius 2 is 2.25 bits per heavy atom. The van der Waals surface area contributed by atoms with Gasteiger partial charge in [0, 0.05) is 24.7 Å². The molecule has 1 atom stereocenters. The largest absolute Gasteiger partial charge is 0.496 e. The Hall–Kier alpha value is -1.57. The summed E-state index contributed by atoms with van der Waals surface area (Å²) in [5.41, 5.74) is 1.81. The lowest BCUT2D eigenvalue weighted by Gasteiger charge is -2.27. The van der Waals surface area contributed by atoms with Crippen LogP contribution in [-0.4, -0.2) is 50.1 Å². The summed E-state index contributed by atoms with van der Waals surface area (Å²) >= 11 is 0. The third-order valence-corrected chi connectivity index (χ3v) is 3.86. The van der Waals surface area contributed by atoms with Crippen LogP contribution < -0.4 is 4.74 Å². The molecule has 1 fully saturated rings. The molecule has 1 aromatic carbocycles. The first-order valence-electron chi connectivity index (χ1n) is 7.10. The molecule has 0 N–H and O–H groups in total. The van der Waals surface area contributed by atoms with E-state index >= 15 is 0 Å². The molecule has 0 aliphatic carbocycles. The summed E-state index contributed by atoms with van der Waals surface area (Å²) in [6, 6.07) is 8.45. The zero-order chi connectivity index (χ0) is 14.5. The van der Waals surface area contributed by atoms with Gasteiger partial charge in [0.1, 0.15) is 5.75 Å². The maximum absolute atomic E-state index is 9.05. The third-order valence-electron chi connectivity index (χ3n) is 3.86. The number of likely N-dealkylation sites (N-methyl/N-ethyl adjacent to an activating group) is 1. The van der Waals surface area contributed by atoms with Crippen LogP contribution in [-0.2, 0) is 6.54 Å². The number of benzene rings is 1. The van der Waals surface area contributed by atoms with Crippen LogP contribution in [0.4, 0.5) is 0 Å². The van der Waals surface area contributed by atoms with Crippen molar-refractivity contribution in [3.05, 3.63) is 29.3 Å². The SMILES string of the molecule is COc1ccc(C#N)cc1CN1CCCC1CN(C)C. The minimum Gasteiger partial charge on any atom is -0.496 e. The van der Waals surface area contributed by atoms with Crippen LogP contribution in [0.25, 0.3) is 0 Å². The summed E-state index contributed by atoms with van der Waals surface area (Å²) in [4.78, 5) is 4.74. The summed E-state index contributed by atoms with van der Waals surface area (Å²) in [5.74, 6) is 0.875. The van der Waals surface area contributed by atoms with Gasteiger partial charge in [0.05, 0.1) is 18.7 Å². The summed E-state index contributed by atoms with van der Waals surface area (Å²) in [5, 5.41) is 9.05. The molecule has 0 saturated carbocycles. The van der Waals surface area contributed by atoms with E-state index in [1.165, 1.54) is 12.8 Å². The second-order valence-electron chi connectivity index (χ2n) is 5.67. The minimum absolute atomic E-state index is 0.598. The topological polar surface area (TPSA) is 39.5 Å². The fourth-order valence-corrected chi connectivity index (χ4v) is 2.92. The van der Waals surface area contributed by atoms with Gasteiger partial charge in [0.2, 0.25) is 0 Å². The molecule has 0 bridgehead atoms. The number of hydrogen-bond acceptors (Lipinski definition) is 4. The van der Waals surface area contributed by atoms with E-state index in [-0.39, 0.29) is 0 Å². The smallest absolute Gasteiger partial charge is 0.123 e. The van der Waals surface area contributed by atoms with Crippen molar-refractivity contribution in [3.63, 3.8) is 0 Å². The van der Waals surface area contributed by atoms with Crippen molar-refractivity contribution in [1.82, 2.24) is 9.80 Å². The van der Waals surface area contributed by atoms with E-state index in [1.54, 1.807) is 7.11 Å². The van der Waals surface area contributed by atoms with E-state index < -0.39 is 0 Å². The van der Waals surface area contributed by atoms with Crippen LogP contribution >= 0.6 is 0 Å². The molecule has 1 heterocycles.